The van der Waals surface area contributed by atoms with Crippen LogP contribution in [0, 0.1) is 6.92 Å². The van der Waals surface area contributed by atoms with Crippen LogP contribution in [0.15, 0.2) is 18.2 Å². The van der Waals surface area contributed by atoms with E-state index < -0.39 is 18.2 Å². The van der Waals surface area contributed by atoms with Gasteiger partial charge in [0.25, 0.3) is 0 Å². The molecule has 0 aromatic heterocycles. The van der Waals surface area contributed by atoms with Crippen LogP contribution in [0.5, 0.6) is 5.75 Å². The zero-order valence-electron chi connectivity index (χ0n) is 12.3. The number of rotatable bonds is 5. The van der Waals surface area contributed by atoms with E-state index in [0.717, 1.165) is 0 Å². The molecule has 0 heterocycles. The smallest absolute Gasteiger partial charge is 0.414 e. The molecule has 1 aromatic rings. The van der Waals surface area contributed by atoms with Crippen molar-refractivity contribution in [2.24, 2.45) is 0 Å². The topological polar surface area (TPSA) is 99.1 Å². The second kappa shape index (κ2) is 7.49. The predicted octanol–water partition coefficient (Wildman–Crippen LogP) is 1.75. The van der Waals surface area contributed by atoms with E-state index in [9.17, 15) is 9.59 Å². The molecule has 0 radical (unpaired) electrons. The Morgan fingerprint density at radius 1 is 1.38 bits per heavy atom. The molecule has 0 bridgehead atoms. The van der Waals surface area contributed by atoms with Gasteiger partial charge in [0.05, 0.1) is 6.04 Å². The number of carbonyl (C=O) groups is 2. The minimum absolute atomic E-state index is 0.138. The van der Waals surface area contributed by atoms with Crippen LogP contribution in [0.2, 0.25) is 0 Å². The number of hydrogen-bond donors (Lipinski definition) is 3. The Balaban J connectivity index is 2.93. The highest BCUT2D eigenvalue weighted by Gasteiger charge is 2.16. The van der Waals surface area contributed by atoms with E-state index in [-0.39, 0.29) is 13.0 Å². The van der Waals surface area contributed by atoms with Crippen molar-refractivity contribution in [1.82, 2.24) is 10.2 Å². The Morgan fingerprint density at radius 3 is 2.52 bits per heavy atom. The third-order valence-electron chi connectivity index (χ3n) is 2.88. The highest BCUT2D eigenvalue weighted by Crippen LogP contribution is 2.24. The molecule has 0 saturated heterocycles. The summed E-state index contributed by atoms with van der Waals surface area (Å²) >= 11 is 0. The first-order valence-electron chi connectivity index (χ1n) is 6.45. The molecule has 0 aliphatic heterocycles. The molecule has 1 rings (SSSR count). The summed E-state index contributed by atoms with van der Waals surface area (Å²) in [6.07, 6.45) is -1.38. The Morgan fingerprint density at radius 2 is 2.05 bits per heavy atom. The Bertz CT molecular complexity index is 516. The fourth-order valence-corrected chi connectivity index (χ4v) is 1.79. The normalized spacial score (nSPS) is 11.6. The molecule has 0 aliphatic rings. The zero-order chi connectivity index (χ0) is 16.0. The highest BCUT2D eigenvalue weighted by molar-refractivity contribution is 5.70. The number of carboxylic acid groups (broad SMARTS) is 1. The maximum Gasteiger partial charge on any atom is 0.414 e. The number of aliphatic hydroxyl groups is 1. The first kappa shape index (κ1) is 16.8. The number of aliphatic hydroxyl groups excluding tert-OH is 1. The van der Waals surface area contributed by atoms with Gasteiger partial charge in [-0.05, 0) is 30.5 Å². The number of aryl methyl sites for hydroxylation is 1. The van der Waals surface area contributed by atoms with Crippen molar-refractivity contribution >= 4 is 12.2 Å². The number of ether oxygens (including phenoxy) is 1. The number of carbonyl (C=O) groups excluding carboxylic acids is 1. The average molecular weight is 296 g/mol. The number of hydrogen-bond acceptors (Lipinski definition) is 4. The molecule has 21 heavy (non-hydrogen) atoms. The standard InChI is InChI=1S/C14H20N2O5/c1-9-8-10(11(6-7-17)15-13(18)19)4-5-12(9)21-14(20)16(2)3/h4-5,8,11,15,17H,6-7H2,1-3H3,(H,18,19)/t11-/m0/s1. The van der Waals surface area contributed by atoms with Gasteiger partial charge in [-0.3, -0.25) is 0 Å². The summed E-state index contributed by atoms with van der Waals surface area (Å²) in [5.41, 5.74) is 1.41. The second-order valence-corrected chi connectivity index (χ2v) is 4.80. The number of nitrogens with zero attached hydrogens (tertiary/aromatic N) is 1. The highest BCUT2D eigenvalue weighted by atomic mass is 16.6. The summed E-state index contributed by atoms with van der Waals surface area (Å²) in [7, 11) is 3.17. The summed E-state index contributed by atoms with van der Waals surface area (Å²) in [6.45, 7) is 1.62. The van der Waals surface area contributed by atoms with Gasteiger partial charge in [0.2, 0.25) is 0 Å². The van der Waals surface area contributed by atoms with E-state index in [0.29, 0.717) is 16.9 Å². The summed E-state index contributed by atoms with van der Waals surface area (Å²) in [6, 6.07) is 4.50. The van der Waals surface area contributed by atoms with Crippen molar-refractivity contribution in [2.45, 2.75) is 19.4 Å². The van der Waals surface area contributed by atoms with Gasteiger partial charge in [-0.25, -0.2) is 9.59 Å². The molecule has 3 N–H and O–H groups in total. The molecule has 7 heteroatoms. The van der Waals surface area contributed by atoms with Gasteiger partial charge in [0, 0.05) is 20.7 Å². The first-order valence-corrected chi connectivity index (χ1v) is 6.45. The largest absolute Gasteiger partial charge is 0.465 e. The molecule has 0 saturated carbocycles. The molecule has 1 aromatic carbocycles. The van der Waals surface area contributed by atoms with Gasteiger partial charge in [-0.15, -0.1) is 0 Å². The lowest BCUT2D eigenvalue weighted by atomic mass is 10.0. The molecular weight excluding hydrogens is 276 g/mol. The van der Waals surface area contributed by atoms with Crippen LogP contribution in [-0.2, 0) is 0 Å². The minimum Gasteiger partial charge on any atom is -0.465 e. The van der Waals surface area contributed by atoms with E-state index in [1.165, 1.54) is 4.90 Å². The third kappa shape index (κ3) is 4.96. The summed E-state index contributed by atoms with van der Waals surface area (Å²) in [5, 5.41) is 20.2. The van der Waals surface area contributed by atoms with Crippen molar-refractivity contribution in [3.05, 3.63) is 29.3 Å². The molecular formula is C14H20N2O5. The maximum atomic E-state index is 11.5. The van der Waals surface area contributed by atoms with Gasteiger partial charge >= 0.3 is 12.2 Å². The molecule has 0 aliphatic carbocycles. The van der Waals surface area contributed by atoms with Gasteiger partial charge in [-0.2, -0.15) is 0 Å². The van der Waals surface area contributed by atoms with Crippen LogP contribution < -0.4 is 10.1 Å². The SMILES string of the molecule is Cc1cc([C@H](CCO)NC(=O)O)ccc1OC(=O)N(C)C. The van der Waals surface area contributed by atoms with Crippen molar-refractivity contribution < 1.29 is 24.5 Å². The average Bonchev–Trinajstić information content (AvgIpc) is 2.39. The quantitative estimate of drug-likeness (QED) is 0.768. The molecule has 116 valence electrons. The van der Waals surface area contributed by atoms with Gasteiger partial charge in [0.1, 0.15) is 5.75 Å². The first-order chi connectivity index (χ1) is 9.85. The summed E-state index contributed by atoms with van der Waals surface area (Å²) < 4.78 is 5.18. The van der Waals surface area contributed by atoms with Crippen LogP contribution in [0.25, 0.3) is 0 Å². The maximum absolute atomic E-state index is 11.5. The molecule has 0 spiro atoms. The number of benzene rings is 1. The minimum atomic E-state index is -1.16. The summed E-state index contributed by atoms with van der Waals surface area (Å²) in [4.78, 5) is 23.6. The van der Waals surface area contributed by atoms with E-state index in [1.807, 2.05) is 0 Å². The van der Waals surface area contributed by atoms with E-state index in [1.54, 1.807) is 39.2 Å². The van der Waals surface area contributed by atoms with Crippen molar-refractivity contribution in [2.75, 3.05) is 20.7 Å². The zero-order valence-corrected chi connectivity index (χ0v) is 12.3. The Kier molecular flexibility index (Phi) is 5.98. The Labute approximate surface area is 123 Å². The van der Waals surface area contributed by atoms with Crippen LogP contribution >= 0.6 is 0 Å². The monoisotopic (exact) mass is 296 g/mol. The lowest BCUT2D eigenvalue weighted by Crippen LogP contribution is -2.28. The van der Waals surface area contributed by atoms with Crippen LogP contribution in [-0.4, -0.2) is 48.0 Å². The number of amides is 2. The van der Waals surface area contributed by atoms with E-state index >= 15 is 0 Å². The van der Waals surface area contributed by atoms with E-state index in [2.05, 4.69) is 5.32 Å². The van der Waals surface area contributed by atoms with E-state index in [4.69, 9.17) is 14.9 Å². The van der Waals surface area contributed by atoms with Crippen LogP contribution in [0.4, 0.5) is 9.59 Å². The molecule has 0 fully saturated rings. The van der Waals surface area contributed by atoms with Crippen LogP contribution in [0.3, 0.4) is 0 Å². The van der Waals surface area contributed by atoms with Crippen molar-refractivity contribution in [3.8, 4) is 5.75 Å². The molecule has 2 amide bonds. The fourth-order valence-electron chi connectivity index (χ4n) is 1.79. The summed E-state index contributed by atoms with van der Waals surface area (Å²) in [5.74, 6) is 0.413. The lowest BCUT2D eigenvalue weighted by molar-refractivity contribution is 0.171. The molecule has 1 atom stereocenters. The van der Waals surface area contributed by atoms with Crippen molar-refractivity contribution in [1.29, 1.82) is 0 Å². The van der Waals surface area contributed by atoms with Gasteiger partial charge in [0.15, 0.2) is 0 Å². The Hall–Kier alpha value is -2.28. The predicted molar refractivity (Wildman–Crippen MR) is 76.5 cm³/mol. The fraction of sp³-hybridized carbons (Fsp3) is 0.429. The molecule has 7 nitrogen and oxygen atoms in total. The van der Waals surface area contributed by atoms with Gasteiger partial charge < -0.3 is 25.2 Å². The lowest BCUT2D eigenvalue weighted by Gasteiger charge is -2.18. The van der Waals surface area contributed by atoms with Gasteiger partial charge in [-0.1, -0.05) is 12.1 Å². The van der Waals surface area contributed by atoms with Crippen LogP contribution in [0.1, 0.15) is 23.6 Å². The van der Waals surface area contributed by atoms with Crippen molar-refractivity contribution in [3.63, 3.8) is 0 Å². The molecule has 0 unspecified atom stereocenters. The second-order valence-electron chi connectivity index (χ2n) is 4.80. The number of nitrogens with one attached hydrogen (secondary N) is 1. The third-order valence-corrected chi connectivity index (χ3v) is 2.88.